The second kappa shape index (κ2) is 3.88. The van der Waals surface area contributed by atoms with Crippen molar-refractivity contribution in [2.75, 3.05) is 13.8 Å². The van der Waals surface area contributed by atoms with Gasteiger partial charge in [-0.1, -0.05) is 6.07 Å². The SMILES string of the molecule is [2H]N(C)C(C)Cc1ccc2c(c1)OCO2. The molecule has 0 bridgehead atoms. The molecule has 1 aliphatic heterocycles. The Bertz CT molecular complexity index is 354. The maximum atomic E-state index is 7.46. The molecular formula is C11H15NO2. The third-order valence-electron chi connectivity index (χ3n) is 2.41. The number of ether oxygens (including phenoxy) is 2. The second-order valence-electron chi connectivity index (χ2n) is 3.50. The molecule has 3 heteroatoms. The highest BCUT2D eigenvalue weighted by Gasteiger charge is 2.13. The Hall–Kier alpha value is -1.22. The van der Waals surface area contributed by atoms with Crippen molar-refractivity contribution < 1.29 is 10.9 Å². The van der Waals surface area contributed by atoms with E-state index in [0.29, 0.717) is 6.79 Å². The average molecular weight is 194 g/mol. The van der Waals surface area contributed by atoms with Crippen LogP contribution in [0.2, 0.25) is 1.41 Å². The molecule has 0 spiro atoms. The van der Waals surface area contributed by atoms with Crippen molar-refractivity contribution in [3.05, 3.63) is 23.8 Å². The van der Waals surface area contributed by atoms with Crippen LogP contribution in [-0.4, -0.2) is 19.9 Å². The molecule has 3 nitrogen and oxygen atoms in total. The first-order chi connectivity index (χ1) is 7.16. The van der Waals surface area contributed by atoms with E-state index < -0.39 is 0 Å². The van der Waals surface area contributed by atoms with E-state index in [4.69, 9.17) is 10.9 Å². The number of likely N-dealkylation sites (N-methyl/N-ethyl adjacent to an activating group) is 1. The van der Waals surface area contributed by atoms with Gasteiger partial charge in [0.15, 0.2) is 11.5 Å². The number of hydrogen-bond acceptors (Lipinski definition) is 3. The Kier molecular flexibility index (Phi) is 2.25. The third-order valence-corrected chi connectivity index (χ3v) is 2.41. The van der Waals surface area contributed by atoms with Crippen molar-refractivity contribution in [3.63, 3.8) is 0 Å². The zero-order valence-corrected chi connectivity index (χ0v) is 8.49. The van der Waals surface area contributed by atoms with E-state index in [0.717, 1.165) is 17.9 Å². The van der Waals surface area contributed by atoms with Crippen LogP contribution < -0.4 is 14.8 Å². The summed E-state index contributed by atoms with van der Waals surface area (Å²) < 4.78 is 18.0. The van der Waals surface area contributed by atoms with E-state index in [9.17, 15) is 0 Å². The highest BCUT2D eigenvalue weighted by atomic mass is 16.7. The number of rotatable bonds is 3. The summed E-state index contributed by atoms with van der Waals surface area (Å²) in [7, 11) is 1.76. The molecule has 1 aromatic carbocycles. The normalized spacial score (nSPS) is 16.9. The molecular weight excluding hydrogens is 178 g/mol. The number of benzene rings is 1. The molecule has 1 aromatic rings. The second-order valence-corrected chi connectivity index (χ2v) is 3.50. The molecule has 1 heterocycles. The standard InChI is InChI=1S/C11H15NO2/c1-8(12-2)5-9-3-4-10-11(6-9)14-7-13-10/h3-4,6,8,12H,5,7H2,1-2H3/i/hD. The van der Waals surface area contributed by atoms with Crippen molar-refractivity contribution in [1.29, 1.82) is 0 Å². The highest BCUT2D eigenvalue weighted by Crippen LogP contribution is 2.32. The zero-order valence-electron chi connectivity index (χ0n) is 9.49. The summed E-state index contributed by atoms with van der Waals surface area (Å²) in [5.41, 5.74) is 1.17. The maximum Gasteiger partial charge on any atom is 0.231 e. The van der Waals surface area contributed by atoms with E-state index in [1.165, 1.54) is 10.9 Å². The van der Waals surface area contributed by atoms with Crippen molar-refractivity contribution in [2.24, 2.45) is 0 Å². The van der Waals surface area contributed by atoms with Crippen molar-refractivity contribution in [2.45, 2.75) is 19.4 Å². The Balaban J connectivity index is 2.10. The van der Waals surface area contributed by atoms with Crippen LogP contribution in [0.25, 0.3) is 0 Å². The number of nitrogens with one attached hydrogen (secondary N) is 1. The van der Waals surface area contributed by atoms with Gasteiger partial charge in [-0.15, -0.1) is 0 Å². The minimum atomic E-state index is 0.199. The monoisotopic (exact) mass is 194 g/mol. The smallest absolute Gasteiger partial charge is 0.231 e. The van der Waals surface area contributed by atoms with Crippen molar-refractivity contribution in [3.8, 4) is 11.5 Å². The molecule has 14 heavy (non-hydrogen) atoms. The fraction of sp³-hybridized carbons (Fsp3) is 0.455. The molecule has 1 aliphatic rings. The van der Waals surface area contributed by atoms with Gasteiger partial charge in [-0.25, -0.2) is 0 Å². The summed E-state index contributed by atoms with van der Waals surface area (Å²) >= 11 is 0. The molecule has 0 saturated carbocycles. The summed E-state index contributed by atoms with van der Waals surface area (Å²) in [5.74, 6) is 1.62. The minimum absolute atomic E-state index is 0.199. The molecule has 0 aromatic heterocycles. The van der Waals surface area contributed by atoms with Gasteiger partial charge in [-0.3, -0.25) is 0 Å². The first-order valence-corrected chi connectivity index (χ1v) is 4.77. The van der Waals surface area contributed by atoms with Gasteiger partial charge in [0.25, 0.3) is 0 Å². The van der Waals surface area contributed by atoms with Crippen LogP contribution in [0.4, 0.5) is 0 Å². The van der Waals surface area contributed by atoms with Crippen LogP contribution in [0.5, 0.6) is 11.5 Å². The van der Waals surface area contributed by atoms with E-state index in [-0.39, 0.29) is 6.04 Å². The van der Waals surface area contributed by atoms with Gasteiger partial charge in [0.2, 0.25) is 6.79 Å². The van der Waals surface area contributed by atoms with Crippen LogP contribution in [0.15, 0.2) is 18.2 Å². The summed E-state index contributed by atoms with van der Waals surface area (Å²) in [6.07, 6.45) is 0.844. The lowest BCUT2D eigenvalue weighted by molar-refractivity contribution is 0.174. The quantitative estimate of drug-likeness (QED) is 0.792. The van der Waals surface area contributed by atoms with E-state index in [1.807, 2.05) is 25.1 Å². The predicted octanol–water partition coefficient (Wildman–Crippen LogP) is 1.57. The lowest BCUT2D eigenvalue weighted by Crippen LogP contribution is -2.23. The minimum Gasteiger partial charge on any atom is -0.454 e. The summed E-state index contributed by atoms with van der Waals surface area (Å²) in [5, 5.41) is 1.46. The molecule has 1 N–H and O–H groups in total. The summed E-state index contributed by atoms with van der Waals surface area (Å²) in [4.78, 5) is 0. The summed E-state index contributed by atoms with van der Waals surface area (Å²) in [6, 6.07) is 6.13. The fourth-order valence-electron chi connectivity index (χ4n) is 1.50. The van der Waals surface area contributed by atoms with Crippen LogP contribution in [0.1, 0.15) is 12.5 Å². The lowest BCUT2D eigenvalue weighted by Gasteiger charge is -2.09. The molecule has 76 valence electrons. The van der Waals surface area contributed by atoms with Gasteiger partial charge >= 0.3 is 0 Å². The number of fused-ring (bicyclic) bond motifs is 1. The average Bonchev–Trinajstić information content (AvgIpc) is 2.64. The third kappa shape index (κ3) is 1.82. The Morgan fingerprint density at radius 1 is 1.50 bits per heavy atom. The molecule has 0 amide bonds. The maximum absolute atomic E-state index is 7.46. The Morgan fingerprint density at radius 3 is 3.07 bits per heavy atom. The predicted molar refractivity (Wildman–Crippen MR) is 54.8 cm³/mol. The summed E-state index contributed by atoms with van der Waals surface area (Å²) in [6.45, 7) is 2.34. The van der Waals surface area contributed by atoms with E-state index in [2.05, 4.69) is 0 Å². The largest absolute Gasteiger partial charge is 0.454 e. The van der Waals surface area contributed by atoms with Crippen molar-refractivity contribution >= 4 is 0 Å². The van der Waals surface area contributed by atoms with Crippen LogP contribution in [0, 0.1) is 0 Å². The van der Waals surface area contributed by atoms with E-state index in [1.54, 1.807) is 7.05 Å². The topological polar surface area (TPSA) is 30.5 Å². The molecule has 1 atom stereocenters. The highest BCUT2D eigenvalue weighted by molar-refractivity contribution is 5.44. The Morgan fingerprint density at radius 2 is 2.29 bits per heavy atom. The zero-order chi connectivity index (χ0) is 10.8. The van der Waals surface area contributed by atoms with Gasteiger partial charge in [-0.05, 0) is 38.1 Å². The lowest BCUT2D eigenvalue weighted by atomic mass is 10.1. The molecule has 1 unspecified atom stereocenters. The van der Waals surface area contributed by atoms with E-state index >= 15 is 0 Å². The molecule has 2 rings (SSSR count). The molecule has 0 radical (unpaired) electrons. The van der Waals surface area contributed by atoms with Gasteiger partial charge in [-0.2, -0.15) is 0 Å². The van der Waals surface area contributed by atoms with Crippen LogP contribution in [-0.2, 0) is 6.42 Å². The molecule has 0 fully saturated rings. The van der Waals surface area contributed by atoms with Gasteiger partial charge in [0.1, 0.15) is 1.41 Å². The number of hydrogen-bond donors (Lipinski definition) is 1. The van der Waals surface area contributed by atoms with Gasteiger partial charge in [0.05, 0.1) is 0 Å². The molecule has 0 aliphatic carbocycles. The molecule has 0 saturated heterocycles. The fourth-order valence-corrected chi connectivity index (χ4v) is 1.50. The van der Waals surface area contributed by atoms with Gasteiger partial charge in [0, 0.05) is 6.04 Å². The Labute approximate surface area is 85.5 Å². The van der Waals surface area contributed by atoms with Crippen LogP contribution >= 0.6 is 0 Å². The van der Waals surface area contributed by atoms with Crippen LogP contribution in [0.3, 0.4) is 0 Å². The van der Waals surface area contributed by atoms with Crippen molar-refractivity contribution in [1.82, 2.24) is 5.31 Å². The first kappa shape index (κ1) is 8.12. The van der Waals surface area contributed by atoms with Gasteiger partial charge < -0.3 is 14.8 Å². The first-order valence-electron chi connectivity index (χ1n) is 5.22.